The highest BCUT2D eigenvalue weighted by atomic mass is 32.1. The lowest BCUT2D eigenvalue weighted by molar-refractivity contribution is -0.741. The zero-order valence-corrected chi connectivity index (χ0v) is 17.7. The zero-order chi connectivity index (χ0) is 21.0. The number of pyridine rings is 1. The summed E-state index contributed by atoms with van der Waals surface area (Å²) in [6, 6.07) is 3.88. The highest BCUT2D eigenvalue weighted by Crippen LogP contribution is 2.44. The fourth-order valence-corrected chi connectivity index (χ4v) is 5.36. The normalized spacial score (nSPS) is 11.3. The standard InChI is InChI=1S/C19H16N4O4S2/c1-7-5-6-10(28-7)12-11(9(3)24)8(2)21-18-13(12)14(20)17(29-18)16(25)15-19(26)27-22-23(15)4/h5-6H,1-4H3,(H2-,20,22,25,26). The van der Waals surface area contributed by atoms with Gasteiger partial charge in [-0.25, -0.2) is 4.98 Å². The van der Waals surface area contributed by atoms with Crippen LogP contribution in [0, 0.1) is 13.8 Å². The largest absolute Gasteiger partial charge is 0.539 e. The van der Waals surface area contributed by atoms with E-state index in [1.54, 1.807) is 6.92 Å². The van der Waals surface area contributed by atoms with Gasteiger partial charge in [0.1, 0.15) is 9.71 Å². The minimum atomic E-state index is -0.836. The first-order valence-electron chi connectivity index (χ1n) is 8.58. The summed E-state index contributed by atoms with van der Waals surface area (Å²) in [4.78, 5) is 32.6. The predicted octanol–water partition coefficient (Wildman–Crippen LogP) is 2.54. The number of ketones is 2. The molecular weight excluding hydrogens is 412 g/mol. The quantitative estimate of drug-likeness (QED) is 0.391. The van der Waals surface area contributed by atoms with Crippen molar-refractivity contribution in [1.29, 1.82) is 0 Å². The number of thiophene rings is 2. The minimum Gasteiger partial charge on any atom is -0.539 e. The number of hydrogen-bond donors (Lipinski definition) is 1. The number of nitrogen functional groups attached to an aromatic ring is 1. The van der Waals surface area contributed by atoms with E-state index in [1.165, 1.54) is 25.3 Å². The van der Waals surface area contributed by atoms with Crippen molar-refractivity contribution in [3.8, 4) is 16.4 Å². The third-order valence-corrected chi connectivity index (χ3v) is 6.70. The van der Waals surface area contributed by atoms with E-state index in [4.69, 9.17) is 5.73 Å². The number of fused-ring (bicyclic) bond motifs is 1. The minimum absolute atomic E-state index is 0.135. The number of aryl methyl sites for hydroxylation is 3. The van der Waals surface area contributed by atoms with Crippen LogP contribution in [0.2, 0.25) is 0 Å². The van der Waals surface area contributed by atoms with Gasteiger partial charge in [-0.3, -0.25) is 9.59 Å². The molecule has 4 rings (SSSR count). The van der Waals surface area contributed by atoms with Crippen molar-refractivity contribution in [3.05, 3.63) is 38.8 Å². The molecule has 0 aliphatic heterocycles. The Morgan fingerprint density at radius 2 is 1.97 bits per heavy atom. The number of carbonyl (C=O) groups excluding carboxylic acids is 2. The Morgan fingerprint density at radius 1 is 1.24 bits per heavy atom. The molecule has 8 nitrogen and oxygen atoms in total. The van der Waals surface area contributed by atoms with Crippen molar-refractivity contribution in [2.75, 3.05) is 5.73 Å². The third-order valence-electron chi connectivity index (χ3n) is 4.58. The summed E-state index contributed by atoms with van der Waals surface area (Å²) in [5, 5.41) is 15.9. The average molecular weight is 428 g/mol. The van der Waals surface area contributed by atoms with Crippen molar-refractivity contribution >= 4 is 50.1 Å². The van der Waals surface area contributed by atoms with Gasteiger partial charge in [-0.05, 0) is 32.9 Å². The lowest BCUT2D eigenvalue weighted by atomic mass is 9.98. The van der Waals surface area contributed by atoms with Crippen LogP contribution in [0.15, 0.2) is 16.7 Å². The number of hydrogen-bond acceptors (Lipinski definition) is 9. The maximum atomic E-state index is 13.0. The fourth-order valence-electron chi connectivity index (χ4n) is 3.34. The molecule has 0 aliphatic rings. The van der Waals surface area contributed by atoms with E-state index in [2.05, 4.69) is 14.8 Å². The number of Topliss-reactive ketones (excluding diaryl/α,β-unsaturated/α-hetero) is 1. The molecule has 0 bridgehead atoms. The molecule has 10 heteroatoms. The molecule has 0 saturated heterocycles. The molecule has 0 unspecified atom stereocenters. The maximum Gasteiger partial charge on any atom is 0.305 e. The van der Waals surface area contributed by atoms with Gasteiger partial charge in [0.2, 0.25) is 0 Å². The van der Waals surface area contributed by atoms with Crippen LogP contribution in [0.25, 0.3) is 20.7 Å². The fraction of sp³-hybridized carbons (Fsp3) is 0.211. The van der Waals surface area contributed by atoms with Crippen LogP contribution in [0.3, 0.4) is 0 Å². The van der Waals surface area contributed by atoms with Crippen LogP contribution < -0.4 is 15.5 Å². The second-order valence-corrected chi connectivity index (χ2v) is 8.89. The first-order chi connectivity index (χ1) is 13.7. The Kier molecular flexibility index (Phi) is 4.47. The van der Waals surface area contributed by atoms with Crippen molar-refractivity contribution in [2.24, 2.45) is 7.05 Å². The lowest BCUT2D eigenvalue weighted by Crippen LogP contribution is -2.37. The Balaban J connectivity index is 2.07. The number of rotatable bonds is 4. The Hall–Kier alpha value is -3.11. The lowest BCUT2D eigenvalue weighted by Gasteiger charge is -2.11. The monoisotopic (exact) mass is 428 g/mol. The SMILES string of the molecule is CC(=O)c1c(C)nc2sc(C(=O)c3c([O-])on[n+]3C)c(N)c2c1-c1ccc(C)s1. The van der Waals surface area contributed by atoms with Gasteiger partial charge in [0.15, 0.2) is 18.8 Å². The summed E-state index contributed by atoms with van der Waals surface area (Å²) < 4.78 is 5.64. The Morgan fingerprint density at radius 3 is 2.52 bits per heavy atom. The average Bonchev–Trinajstić information content (AvgIpc) is 3.31. The van der Waals surface area contributed by atoms with Gasteiger partial charge in [-0.2, -0.15) is 0 Å². The van der Waals surface area contributed by atoms with Gasteiger partial charge in [-0.15, -0.1) is 22.7 Å². The molecule has 0 atom stereocenters. The van der Waals surface area contributed by atoms with Crippen molar-refractivity contribution in [1.82, 2.24) is 10.3 Å². The van der Waals surface area contributed by atoms with E-state index in [0.717, 1.165) is 25.8 Å². The maximum absolute atomic E-state index is 13.0. The first-order valence-corrected chi connectivity index (χ1v) is 10.2. The summed E-state index contributed by atoms with van der Waals surface area (Å²) >= 11 is 2.61. The van der Waals surface area contributed by atoms with Crippen LogP contribution in [-0.2, 0) is 7.05 Å². The molecule has 0 fully saturated rings. The van der Waals surface area contributed by atoms with Gasteiger partial charge in [-0.1, -0.05) is 4.68 Å². The first kappa shape index (κ1) is 19.2. The molecule has 0 saturated carbocycles. The third kappa shape index (κ3) is 2.91. The molecule has 4 aromatic rings. The number of anilines is 1. The number of nitrogens with zero attached hydrogens (tertiary/aromatic N) is 3. The van der Waals surface area contributed by atoms with E-state index < -0.39 is 11.7 Å². The van der Waals surface area contributed by atoms with Crippen molar-refractivity contribution in [3.63, 3.8) is 0 Å². The molecule has 29 heavy (non-hydrogen) atoms. The van der Waals surface area contributed by atoms with E-state index in [9.17, 15) is 14.7 Å². The molecule has 0 aliphatic carbocycles. The smallest absolute Gasteiger partial charge is 0.305 e. The Labute approximate surface area is 173 Å². The highest BCUT2D eigenvalue weighted by molar-refractivity contribution is 7.21. The van der Waals surface area contributed by atoms with Gasteiger partial charge in [0, 0.05) is 26.3 Å². The number of carbonyl (C=O) groups is 2. The highest BCUT2D eigenvalue weighted by Gasteiger charge is 2.31. The number of nitrogens with two attached hydrogens (primary N) is 1. The van der Waals surface area contributed by atoms with E-state index >= 15 is 0 Å². The van der Waals surface area contributed by atoms with E-state index in [-0.39, 0.29) is 22.0 Å². The summed E-state index contributed by atoms with van der Waals surface area (Å²) in [6.07, 6.45) is 0. The van der Waals surface area contributed by atoms with Gasteiger partial charge >= 0.3 is 5.69 Å². The second kappa shape index (κ2) is 6.75. The second-order valence-electron chi connectivity index (χ2n) is 6.60. The van der Waals surface area contributed by atoms with E-state index in [0.29, 0.717) is 27.0 Å². The van der Waals surface area contributed by atoms with Gasteiger partial charge in [0.05, 0.1) is 16.7 Å². The molecule has 4 heterocycles. The summed E-state index contributed by atoms with van der Waals surface area (Å²) in [7, 11) is 1.44. The molecule has 0 radical (unpaired) electrons. The molecule has 4 aromatic heterocycles. The van der Waals surface area contributed by atoms with Crippen LogP contribution in [0.4, 0.5) is 5.69 Å². The van der Waals surface area contributed by atoms with Gasteiger partial charge < -0.3 is 15.4 Å². The summed E-state index contributed by atoms with van der Waals surface area (Å²) in [5.41, 5.74) is 8.06. The van der Waals surface area contributed by atoms with Gasteiger partial charge in [0.25, 0.3) is 5.78 Å². The Bertz CT molecular complexity index is 1300. The molecule has 0 amide bonds. The molecule has 2 N–H and O–H groups in total. The molecule has 0 aromatic carbocycles. The zero-order valence-electron chi connectivity index (χ0n) is 16.0. The molecule has 148 valence electrons. The molecular formula is C19H16N4O4S2. The molecule has 0 spiro atoms. The van der Waals surface area contributed by atoms with Crippen LogP contribution in [-0.4, -0.2) is 21.8 Å². The predicted molar refractivity (Wildman–Crippen MR) is 107 cm³/mol. The summed E-state index contributed by atoms with van der Waals surface area (Å²) in [6.45, 7) is 5.21. The van der Waals surface area contributed by atoms with Crippen LogP contribution in [0.5, 0.6) is 5.95 Å². The van der Waals surface area contributed by atoms with Crippen molar-refractivity contribution < 1.29 is 23.9 Å². The van der Waals surface area contributed by atoms with Crippen molar-refractivity contribution in [2.45, 2.75) is 20.8 Å². The summed E-state index contributed by atoms with van der Waals surface area (Å²) in [5.74, 6) is -1.56. The topological polar surface area (TPSA) is 126 Å². The number of aromatic nitrogens is 3. The van der Waals surface area contributed by atoms with Crippen LogP contribution >= 0.6 is 22.7 Å². The van der Waals surface area contributed by atoms with E-state index in [1.807, 2.05) is 19.1 Å². The van der Waals surface area contributed by atoms with Crippen LogP contribution in [0.1, 0.15) is 43.2 Å².